The normalized spacial score (nSPS) is 17.5. The number of nitrogens with one attached hydrogen (secondary N) is 2. The van der Waals surface area contributed by atoms with E-state index in [1.54, 1.807) is 23.0 Å². The Morgan fingerprint density at radius 3 is 2.97 bits per heavy atom. The Morgan fingerprint density at radius 1 is 1.21 bits per heavy atom. The number of sulfonamides is 1. The monoisotopic (exact) mass is 508 g/mol. The topological polar surface area (TPSA) is 100 Å². The summed E-state index contributed by atoms with van der Waals surface area (Å²) < 4.78 is 28.4. The van der Waals surface area contributed by atoms with Gasteiger partial charge in [0.05, 0.1) is 26.8 Å². The summed E-state index contributed by atoms with van der Waals surface area (Å²) in [5.74, 6) is 7.30. The van der Waals surface area contributed by atoms with E-state index in [2.05, 4.69) is 37.4 Å². The van der Waals surface area contributed by atoms with Crippen LogP contribution in [-0.2, 0) is 16.4 Å². The molecule has 8 nitrogen and oxygen atoms in total. The van der Waals surface area contributed by atoms with Crippen LogP contribution in [0, 0.1) is 11.8 Å². The van der Waals surface area contributed by atoms with Gasteiger partial charge in [0.25, 0.3) is 10.0 Å². The van der Waals surface area contributed by atoms with Crippen LogP contribution in [-0.4, -0.2) is 42.5 Å². The second kappa shape index (κ2) is 8.63. The average molecular weight is 509 g/mol. The minimum Gasteiger partial charge on any atom is -0.339 e. The molecule has 2 aliphatic heterocycles. The van der Waals surface area contributed by atoms with Gasteiger partial charge < -0.3 is 10.6 Å². The molecule has 1 fully saturated rings. The molecule has 2 N–H and O–H groups in total. The zero-order valence-corrected chi connectivity index (χ0v) is 20.4. The van der Waals surface area contributed by atoms with Gasteiger partial charge >= 0.3 is 0 Å². The van der Waals surface area contributed by atoms with Gasteiger partial charge in [-0.2, -0.15) is 8.42 Å². The van der Waals surface area contributed by atoms with E-state index in [0.29, 0.717) is 24.5 Å². The Morgan fingerprint density at radius 2 is 2.15 bits per heavy atom. The van der Waals surface area contributed by atoms with E-state index in [0.717, 1.165) is 50.6 Å². The Balaban J connectivity index is 1.26. The molecule has 2 aliphatic rings. The van der Waals surface area contributed by atoms with E-state index in [1.165, 1.54) is 16.9 Å². The molecule has 1 atom stereocenters. The van der Waals surface area contributed by atoms with Crippen LogP contribution in [0.1, 0.15) is 23.3 Å². The fourth-order valence-electron chi connectivity index (χ4n) is 4.24. The fraction of sp³-hybridized carbons (Fsp3) is 0.261. The summed E-state index contributed by atoms with van der Waals surface area (Å²) >= 11 is 2.70. The van der Waals surface area contributed by atoms with E-state index in [4.69, 9.17) is 0 Å². The van der Waals surface area contributed by atoms with Crippen LogP contribution in [0.2, 0.25) is 0 Å². The van der Waals surface area contributed by atoms with Crippen molar-refractivity contribution in [2.24, 2.45) is 0 Å². The molecule has 3 aromatic heterocycles. The molecule has 34 heavy (non-hydrogen) atoms. The Hall–Kier alpha value is -3.04. The van der Waals surface area contributed by atoms with E-state index < -0.39 is 10.0 Å². The lowest BCUT2D eigenvalue weighted by atomic mass is 10.1. The molecular formula is C23H20N6O2S3. The van der Waals surface area contributed by atoms with Crippen LogP contribution in [0.25, 0.3) is 10.2 Å². The maximum absolute atomic E-state index is 12.9. The first-order chi connectivity index (χ1) is 16.6. The molecule has 6 rings (SSSR count). The highest BCUT2D eigenvalue weighted by atomic mass is 32.2. The van der Waals surface area contributed by atoms with Gasteiger partial charge in [-0.1, -0.05) is 11.8 Å². The lowest BCUT2D eigenvalue weighted by molar-refractivity contribution is 0.591. The molecule has 0 amide bonds. The molecule has 5 heterocycles. The van der Waals surface area contributed by atoms with Crippen molar-refractivity contribution in [3.63, 3.8) is 0 Å². The number of thiazole rings is 1. The lowest BCUT2D eigenvalue weighted by Gasteiger charge is -2.18. The third-order valence-electron chi connectivity index (χ3n) is 5.86. The number of anilines is 3. The number of hydrogen-bond acceptors (Lipinski definition) is 9. The Bertz CT molecular complexity index is 1530. The number of thiophene rings is 1. The molecule has 0 spiro atoms. The highest BCUT2D eigenvalue weighted by molar-refractivity contribution is 7.94. The third-order valence-corrected chi connectivity index (χ3v) is 9.89. The molecule has 0 radical (unpaired) electrons. The fourth-order valence-corrected chi connectivity index (χ4v) is 7.59. The summed E-state index contributed by atoms with van der Waals surface area (Å²) in [6, 6.07) is 7.97. The Kier molecular flexibility index (Phi) is 5.45. The smallest absolute Gasteiger partial charge is 0.291 e. The van der Waals surface area contributed by atoms with Crippen molar-refractivity contribution in [3.8, 4) is 11.8 Å². The Labute approximate surface area is 205 Å². The van der Waals surface area contributed by atoms with Gasteiger partial charge in [0.15, 0.2) is 5.82 Å². The molecule has 4 aromatic rings. The predicted octanol–water partition coefficient (Wildman–Crippen LogP) is 3.75. The number of nitrogens with zero attached hydrogens (tertiary/aromatic N) is 4. The van der Waals surface area contributed by atoms with E-state index in [-0.39, 0.29) is 10.4 Å². The summed E-state index contributed by atoms with van der Waals surface area (Å²) in [5.41, 5.74) is 3.37. The van der Waals surface area contributed by atoms with Crippen LogP contribution >= 0.6 is 22.7 Å². The lowest BCUT2D eigenvalue weighted by Crippen LogP contribution is -2.28. The van der Waals surface area contributed by atoms with Crippen LogP contribution in [0.3, 0.4) is 0 Å². The van der Waals surface area contributed by atoms with Crippen molar-refractivity contribution < 1.29 is 8.42 Å². The molecular weight excluding hydrogens is 488 g/mol. The average Bonchev–Trinajstić information content (AvgIpc) is 3.64. The van der Waals surface area contributed by atoms with E-state index >= 15 is 0 Å². The van der Waals surface area contributed by atoms with E-state index in [1.807, 2.05) is 24.3 Å². The summed E-state index contributed by atoms with van der Waals surface area (Å²) in [6.45, 7) is 1.43. The minimum absolute atomic E-state index is 0.117. The number of rotatable bonds is 4. The second-order valence-electron chi connectivity index (χ2n) is 8.06. The van der Waals surface area contributed by atoms with Crippen LogP contribution in [0.15, 0.2) is 46.5 Å². The van der Waals surface area contributed by atoms with Crippen molar-refractivity contribution in [1.29, 1.82) is 0 Å². The zero-order valence-electron chi connectivity index (χ0n) is 18.0. The third kappa shape index (κ3) is 3.92. The van der Waals surface area contributed by atoms with Gasteiger partial charge in [-0.3, -0.25) is 4.31 Å². The molecule has 172 valence electrons. The molecule has 0 bridgehead atoms. The molecule has 0 unspecified atom stereocenters. The van der Waals surface area contributed by atoms with Crippen molar-refractivity contribution in [1.82, 2.24) is 20.3 Å². The summed E-state index contributed by atoms with van der Waals surface area (Å²) in [7, 11) is -3.63. The second-order valence-corrected chi connectivity index (χ2v) is 12.0. The molecule has 1 aromatic carbocycles. The molecule has 11 heteroatoms. The zero-order chi connectivity index (χ0) is 23.1. The van der Waals surface area contributed by atoms with Crippen LogP contribution in [0.5, 0.6) is 0 Å². The summed E-state index contributed by atoms with van der Waals surface area (Å²) in [4.78, 5) is 13.8. The number of fused-ring (bicyclic) bond motifs is 2. The number of benzene rings is 1. The predicted molar refractivity (Wildman–Crippen MR) is 135 cm³/mol. The quantitative estimate of drug-likeness (QED) is 0.405. The maximum atomic E-state index is 12.9. The SMILES string of the molecule is O=S(=O)(c1nccs1)N1CCc2cc(Nc3ncnc4cc(C#C[C@@H]5CCCN5)sc34)ccc21. The van der Waals surface area contributed by atoms with Gasteiger partial charge in [-0.05, 0) is 55.6 Å². The number of hydrogen-bond donors (Lipinski definition) is 2. The van der Waals surface area contributed by atoms with Gasteiger partial charge in [0.2, 0.25) is 4.34 Å². The standard InChI is InChI=1S/C23H20N6O2S3/c30-34(31,23-25-9-11-32-23)29-10-7-15-12-17(4-6-20(15)29)28-22-21-19(26-14-27-22)13-18(33-21)5-3-16-2-1-8-24-16/h4,6,9,11-14,16,24H,1-2,7-8,10H2,(H,26,27,28)/t16-/m0/s1. The van der Waals surface area contributed by atoms with Crippen LogP contribution < -0.4 is 14.9 Å². The largest absolute Gasteiger partial charge is 0.339 e. The first-order valence-electron chi connectivity index (χ1n) is 10.9. The summed E-state index contributed by atoms with van der Waals surface area (Å²) in [6.07, 6.45) is 5.95. The van der Waals surface area contributed by atoms with E-state index in [9.17, 15) is 8.42 Å². The van der Waals surface area contributed by atoms with Crippen molar-refractivity contribution in [2.45, 2.75) is 29.6 Å². The molecule has 0 saturated carbocycles. The summed E-state index contributed by atoms with van der Waals surface area (Å²) in [5, 5.41) is 8.45. The van der Waals surface area contributed by atoms with Gasteiger partial charge in [-0.25, -0.2) is 15.0 Å². The first kappa shape index (κ1) is 21.5. The minimum atomic E-state index is -3.63. The highest BCUT2D eigenvalue weighted by Crippen LogP contribution is 2.36. The van der Waals surface area contributed by atoms with Crippen molar-refractivity contribution in [3.05, 3.63) is 52.6 Å². The highest BCUT2D eigenvalue weighted by Gasteiger charge is 2.32. The van der Waals surface area contributed by atoms with Gasteiger partial charge in [0.1, 0.15) is 6.33 Å². The maximum Gasteiger partial charge on any atom is 0.291 e. The molecule has 0 aliphatic carbocycles. The first-order valence-corrected chi connectivity index (χ1v) is 14.0. The molecule has 1 saturated heterocycles. The van der Waals surface area contributed by atoms with Crippen molar-refractivity contribution in [2.75, 3.05) is 22.7 Å². The van der Waals surface area contributed by atoms with Gasteiger partial charge in [-0.15, -0.1) is 22.7 Å². The number of aromatic nitrogens is 3. The van der Waals surface area contributed by atoms with Gasteiger partial charge in [0, 0.05) is 23.8 Å². The van der Waals surface area contributed by atoms with Crippen LogP contribution in [0.4, 0.5) is 17.2 Å². The van der Waals surface area contributed by atoms with Crippen molar-refractivity contribution >= 4 is 60.1 Å².